The van der Waals surface area contributed by atoms with Crippen LogP contribution in [0.25, 0.3) is 0 Å². The van der Waals surface area contributed by atoms with Gasteiger partial charge in [0.05, 0.1) is 6.04 Å². The zero-order valence-corrected chi connectivity index (χ0v) is 8.25. The van der Waals surface area contributed by atoms with Crippen LogP contribution in [-0.2, 0) is 9.59 Å². The lowest BCUT2D eigenvalue weighted by Crippen LogP contribution is -2.58. The normalized spacial score (nSPS) is 34.1. The van der Waals surface area contributed by atoms with Crippen LogP contribution in [0.15, 0.2) is 0 Å². The Morgan fingerprint density at radius 3 is 2.71 bits per heavy atom. The molecule has 2 atom stereocenters. The zero-order valence-electron chi connectivity index (χ0n) is 8.25. The summed E-state index contributed by atoms with van der Waals surface area (Å²) in [5.41, 5.74) is 0. The Bertz CT molecular complexity index is 267. The quantitative estimate of drug-likeness (QED) is 0.506. The molecule has 14 heavy (non-hydrogen) atoms. The average Bonchev–Trinajstić information content (AvgIpc) is 2.57. The average molecular weight is 197 g/mol. The van der Waals surface area contributed by atoms with Crippen LogP contribution < -0.4 is 10.6 Å². The third kappa shape index (κ3) is 1.72. The van der Waals surface area contributed by atoms with Gasteiger partial charge in [0, 0.05) is 13.1 Å². The van der Waals surface area contributed by atoms with Gasteiger partial charge in [0.15, 0.2) is 0 Å². The fraction of sp³-hybridized carbons (Fsp3) is 0.778. The Morgan fingerprint density at radius 1 is 1.36 bits per heavy atom. The van der Waals surface area contributed by atoms with Gasteiger partial charge in [-0.25, -0.2) is 0 Å². The van der Waals surface area contributed by atoms with E-state index < -0.39 is 11.8 Å². The van der Waals surface area contributed by atoms with Gasteiger partial charge in [-0.15, -0.1) is 0 Å². The molecule has 2 rings (SSSR count). The molecule has 0 aromatic heterocycles. The smallest absolute Gasteiger partial charge is 0.309 e. The maximum Gasteiger partial charge on any atom is 0.309 e. The molecule has 2 unspecified atom stereocenters. The molecule has 0 aromatic rings. The molecule has 78 valence electrons. The number of rotatable bonds is 1. The van der Waals surface area contributed by atoms with Crippen molar-refractivity contribution in [2.75, 3.05) is 26.7 Å². The third-order valence-corrected chi connectivity index (χ3v) is 3.00. The Labute approximate surface area is 82.8 Å². The fourth-order valence-corrected chi connectivity index (χ4v) is 2.15. The van der Waals surface area contributed by atoms with Gasteiger partial charge in [0.2, 0.25) is 0 Å². The van der Waals surface area contributed by atoms with Gasteiger partial charge < -0.3 is 15.5 Å². The SMILES string of the molecule is CN1CCC(C2CNC(=O)C(=O)N2)C1. The first kappa shape index (κ1) is 9.45. The van der Waals surface area contributed by atoms with Crippen molar-refractivity contribution in [1.29, 1.82) is 0 Å². The minimum Gasteiger partial charge on any atom is -0.346 e. The van der Waals surface area contributed by atoms with E-state index in [4.69, 9.17) is 0 Å². The molecule has 2 saturated heterocycles. The number of piperazine rings is 1. The van der Waals surface area contributed by atoms with Crippen LogP contribution >= 0.6 is 0 Å². The van der Waals surface area contributed by atoms with E-state index in [2.05, 4.69) is 22.6 Å². The maximum absolute atomic E-state index is 11.1. The molecule has 2 fully saturated rings. The van der Waals surface area contributed by atoms with E-state index >= 15 is 0 Å². The number of nitrogens with zero attached hydrogens (tertiary/aromatic N) is 1. The zero-order chi connectivity index (χ0) is 10.1. The summed E-state index contributed by atoms with van der Waals surface area (Å²) in [6.45, 7) is 2.65. The van der Waals surface area contributed by atoms with E-state index in [0.29, 0.717) is 12.5 Å². The van der Waals surface area contributed by atoms with Gasteiger partial charge in [-0.05, 0) is 25.9 Å². The van der Waals surface area contributed by atoms with Crippen molar-refractivity contribution in [1.82, 2.24) is 15.5 Å². The fourth-order valence-electron chi connectivity index (χ4n) is 2.15. The lowest BCUT2D eigenvalue weighted by atomic mass is 9.97. The van der Waals surface area contributed by atoms with Crippen LogP contribution in [0.3, 0.4) is 0 Å². The van der Waals surface area contributed by atoms with Crippen LogP contribution in [-0.4, -0.2) is 49.4 Å². The Balaban J connectivity index is 1.93. The van der Waals surface area contributed by atoms with E-state index in [9.17, 15) is 9.59 Å². The molecule has 2 aliphatic rings. The summed E-state index contributed by atoms with van der Waals surface area (Å²) in [7, 11) is 2.07. The summed E-state index contributed by atoms with van der Waals surface area (Å²) >= 11 is 0. The van der Waals surface area contributed by atoms with Crippen LogP contribution in [0.2, 0.25) is 0 Å². The lowest BCUT2D eigenvalue weighted by molar-refractivity contribution is -0.141. The van der Waals surface area contributed by atoms with Crippen molar-refractivity contribution in [3.63, 3.8) is 0 Å². The molecule has 5 nitrogen and oxygen atoms in total. The number of nitrogens with one attached hydrogen (secondary N) is 2. The highest BCUT2D eigenvalue weighted by Gasteiger charge is 2.33. The molecule has 0 aromatic carbocycles. The van der Waals surface area contributed by atoms with Crippen molar-refractivity contribution in [3.8, 4) is 0 Å². The predicted molar refractivity (Wildman–Crippen MR) is 50.5 cm³/mol. The summed E-state index contributed by atoms with van der Waals surface area (Å²) in [4.78, 5) is 24.2. The molecular formula is C9H15N3O2. The second-order valence-electron chi connectivity index (χ2n) is 4.10. The number of amides is 2. The highest BCUT2D eigenvalue weighted by Crippen LogP contribution is 2.18. The van der Waals surface area contributed by atoms with Crippen molar-refractivity contribution in [2.45, 2.75) is 12.5 Å². The molecule has 0 bridgehead atoms. The number of hydrogen-bond acceptors (Lipinski definition) is 3. The summed E-state index contributed by atoms with van der Waals surface area (Å²) in [6, 6.07) is 0.116. The van der Waals surface area contributed by atoms with Gasteiger partial charge >= 0.3 is 11.8 Å². The molecule has 0 radical (unpaired) electrons. The molecule has 5 heteroatoms. The summed E-state index contributed by atoms with van der Waals surface area (Å²) in [5.74, 6) is -0.520. The standard InChI is InChI=1S/C9H15N3O2/c1-12-3-2-6(5-12)7-4-10-8(13)9(14)11-7/h6-7H,2-5H2,1H3,(H,10,13)(H,11,14). The summed E-state index contributed by atoms with van der Waals surface area (Å²) in [6.07, 6.45) is 1.09. The van der Waals surface area contributed by atoms with Crippen LogP contribution in [0.5, 0.6) is 0 Å². The topological polar surface area (TPSA) is 61.4 Å². The minimum atomic E-state index is -0.507. The van der Waals surface area contributed by atoms with E-state index in [1.54, 1.807) is 0 Å². The predicted octanol–water partition coefficient (Wildman–Crippen LogP) is -1.45. The van der Waals surface area contributed by atoms with Crippen molar-refractivity contribution < 1.29 is 9.59 Å². The molecule has 2 heterocycles. The second kappa shape index (κ2) is 3.57. The van der Waals surface area contributed by atoms with Gasteiger partial charge in [0.25, 0.3) is 0 Å². The monoisotopic (exact) mass is 197 g/mol. The first-order chi connectivity index (χ1) is 6.66. The highest BCUT2D eigenvalue weighted by atomic mass is 16.2. The van der Waals surface area contributed by atoms with Gasteiger partial charge in [-0.2, -0.15) is 0 Å². The van der Waals surface area contributed by atoms with Crippen LogP contribution in [0.1, 0.15) is 6.42 Å². The largest absolute Gasteiger partial charge is 0.346 e. The Morgan fingerprint density at radius 2 is 2.14 bits per heavy atom. The van der Waals surface area contributed by atoms with E-state index in [-0.39, 0.29) is 6.04 Å². The molecule has 0 saturated carbocycles. The highest BCUT2D eigenvalue weighted by molar-refractivity contribution is 6.35. The molecule has 2 aliphatic heterocycles. The summed E-state index contributed by atoms with van der Waals surface area (Å²) < 4.78 is 0. The molecule has 2 N–H and O–H groups in total. The van der Waals surface area contributed by atoms with Crippen molar-refractivity contribution >= 4 is 11.8 Å². The third-order valence-electron chi connectivity index (χ3n) is 3.00. The molecule has 0 aliphatic carbocycles. The Hall–Kier alpha value is -1.10. The molecule has 2 amide bonds. The first-order valence-corrected chi connectivity index (χ1v) is 4.94. The number of hydrogen-bond donors (Lipinski definition) is 2. The second-order valence-corrected chi connectivity index (χ2v) is 4.10. The van der Waals surface area contributed by atoms with Gasteiger partial charge in [-0.1, -0.05) is 0 Å². The van der Waals surface area contributed by atoms with Crippen molar-refractivity contribution in [3.05, 3.63) is 0 Å². The van der Waals surface area contributed by atoms with E-state index in [1.807, 2.05) is 0 Å². The van der Waals surface area contributed by atoms with E-state index in [0.717, 1.165) is 19.5 Å². The lowest BCUT2D eigenvalue weighted by Gasteiger charge is -2.28. The van der Waals surface area contributed by atoms with Crippen LogP contribution in [0.4, 0.5) is 0 Å². The Kier molecular flexibility index (Phi) is 2.41. The minimum absolute atomic E-state index is 0.116. The number of carbonyl (C=O) groups is 2. The van der Waals surface area contributed by atoms with Gasteiger partial charge in [-0.3, -0.25) is 9.59 Å². The number of carbonyl (C=O) groups excluding carboxylic acids is 2. The molecular weight excluding hydrogens is 182 g/mol. The van der Waals surface area contributed by atoms with E-state index in [1.165, 1.54) is 0 Å². The number of likely N-dealkylation sites (tertiary alicyclic amines) is 1. The van der Waals surface area contributed by atoms with Gasteiger partial charge in [0.1, 0.15) is 0 Å². The van der Waals surface area contributed by atoms with Crippen molar-refractivity contribution in [2.24, 2.45) is 5.92 Å². The summed E-state index contributed by atoms with van der Waals surface area (Å²) in [5, 5.41) is 5.36. The van der Waals surface area contributed by atoms with Crippen LogP contribution in [0, 0.1) is 5.92 Å². The molecule has 0 spiro atoms. The first-order valence-electron chi connectivity index (χ1n) is 4.94. The maximum atomic E-state index is 11.1.